The first kappa shape index (κ1) is 15.5. The highest BCUT2D eigenvalue weighted by Crippen LogP contribution is 2.20. The minimum Gasteiger partial charge on any atom is -0.480 e. The molecule has 0 saturated heterocycles. The number of pyridine rings is 1. The number of halogens is 2. The van der Waals surface area contributed by atoms with Crippen LogP contribution < -0.4 is 4.90 Å². The van der Waals surface area contributed by atoms with Gasteiger partial charge in [-0.15, -0.1) is 0 Å². The van der Waals surface area contributed by atoms with Crippen molar-refractivity contribution in [2.75, 3.05) is 11.4 Å². The van der Waals surface area contributed by atoms with E-state index in [4.69, 9.17) is 16.7 Å². The van der Waals surface area contributed by atoms with Crippen molar-refractivity contribution < 1.29 is 14.7 Å². The Morgan fingerprint density at radius 3 is 2.38 bits per heavy atom. The minimum atomic E-state index is -1.11. The van der Waals surface area contributed by atoms with Crippen molar-refractivity contribution in [2.45, 2.75) is 0 Å². The number of nitrogens with zero attached hydrogens (tertiary/aromatic N) is 2. The average Bonchev–Trinajstić information content (AvgIpc) is 2.46. The van der Waals surface area contributed by atoms with Crippen LogP contribution in [-0.4, -0.2) is 28.5 Å². The topological polar surface area (TPSA) is 70.5 Å². The van der Waals surface area contributed by atoms with Gasteiger partial charge in [-0.05, 0) is 52.3 Å². The van der Waals surface area contributed by atoms with Crippen LogP contribution in [0.15, 0.2) is 47.2 Å². The third-order valence-electron chi connectivity index (χ3n) is 2.65. The summed E-state index contributed by atoms with van der Waals surface area (Å²) in [5.41, 5.74) is 0.754. The number of aromatic nitrogens is 1. The Hall–Kier alpha value is -1.92. The van der Waals surface area contributed by atoms with Crippen molar-refractivity contribution in [3.8, 4) is 0 Å². The molecule has 5 nitrogen and oxygen atoms in total. The van der Waals surface area contributed by atoms with Gasteiger partial charge in [0.05, 0.1) is 5.56 Å². The Kier molecular flexibility index (Phi) is 4.93. The van der Waals surface area contributed by atoms with E-state index in [1.165, 1.54) is 6.20 Å². The molecule has 21 heavy (non-hydrogen) atoms. The molecule has 1 amide bonds. The number of benzene rings is 1. The van der Waals surface area contributed by atoms with E-state index in [0.29, 0.717) is 20.9 Å². The zero-order chi connectivity index (χ0) is 15.4. The lowest BCUT2D eigenvalue weighted by Crippen LogP contribution is -2.35. The van der Waals surface area contributed by atoms with Crippen LogP contribution >= 0.6 is 27.5 Å². The molecule has 0 unspecified atom stereocenters. The average molecular weight is 370 g/mol. The molecule has 0 spiro atoms. The molecule has 1 aromatic carbocycles. The molecule has 0 radical (unpaired) electrons. The monoisotopic (exact) mass is 368 g/mol. The second-order valence-corrected chi connectivity index (χ2v) is 5.38. The van der Waals surface area contributed by atoms with Crippen LogP contribution in [0.1, 0.15) is 10.4 Å². The van der Waals surface area contributed by atoms with Crippen molar-refractivity contribution in [1.82, 2.24) is 4.98 Å². The molecule has 0 aliphatic rings. The normalized spacial score (nSPS) is 10.2. The van der Waals surface area contributed by atoms with Crippen LogP contribution in [0.3, 0.4) is 0 Å². The van der Waals surface area contributed by atoms with Crippen molar-refractivity contribution >= 4 is 45.1 Å². The van der Waals surface area contributed by atoms with Gasteiger partial charge >= 0.3 is 5.97 Å². The first-order valence-corrected chi connectivity index (χ1v) is 7.05. The predicted octanol–water partition coefficient (Wildman–Crippen LogP) is 3.23. The SMILES string of the molecule is O=C(O)CN(C(=O)c1ccc(Br)nc1)c1ccc(Cl)cc1. The van der Waals surface area contributed by atoms with Crippen molar-refractivity contribution in [1.29, 1.82) is 0 Å². The number of carboxylic acids is 1. The standard InChI is InChI=1S/C14H10BrClN2O3/c15-12-6-1-9(7-17-12)14(21)18(8-13(19)20)11-4-2-10(16)3-5-11/h1-7H,8H2,(H,19,20). The van der Waals surface area contributed by atoms with E-state index >= 15 is 0 Å². The number of amides is 1. The first-order chi connectivity index (χ1) is 9.97. The molecule has 0 fully saturated rings. The summed E-state index contributed by atoms with van der Waals surface area (Å²) in [6.45, 7) is -0.448. The fourth-order valence-electron chi connectivity index (χ4n) is 1.69. The summed E-state index contributed by atoms with van der Waals surface area (Å²) in [7, 11) is 0. The Morgan fingerprint density at radius 2 is 1.86 bits per heavy atom. The van der Waals surface area contributed by atoms with E-state index in [9.17, 15) is 9.59 Å². The Labute approximate surface area is 134 Å². The first-order valence-electron chi connectivity index (χ1n) is 5.88. The molecule has 0 aliphatic heterocycles. The minimum absolute atomic E-state index is 0.300. The van der Waals surface area contributed by atoms with Crippen LogP contribution in [0.5, 0.6) is 0 Å². The number of carbonyl (C=O) groups is 2. The number of hydrogen-bond donors (Lipinski definition) is 1. The largest absolute Gasteiger partial charge is 0.480 e. The zero-order valence-electron chi connectivity index (χ0n) is 10.7. The summed E-state index contributed by atoms with van der Waals surface area (Å²) in [6.07, 6.45) is 1.39. The quantitative estimate of drug-likeness (QED) is 0.840. The van der Waals surface area contributed by atoms with E-state index in [0.717, 1.165) is 4.90 Å². The van der Waals surface area contributed by atoms with E-state index in [1.54, 1.807) is 36.4 Å². The Morgan fingerprint density at radius 1 is 1.19 bits per heavy atom. The third kappa shape index (κ3) is 4.03. The van der Waals surface area contributed by atoms with Gasteiger partial charge in [-0.1, -0.05) is 11.6 Å². The predicted molar refractivity (Wildman–Crippen MR) is 82.7 cm³/mol. The maximum absolute atomic E-state index is 12.5. The molecule has 0 aliphatic carbocycles. The highest BCUT2D eigenvalue weighted by atomic mass is 79.9. The molecule has 1 N–H and O–H groups in total. The van der Waals surface area contributed by atoms with Gasteiger partial charge < -0.3 is 5.11 Å². The maximum atomic E-state index is 12.5. The lowest BCUT2D eigenvalue weighted by molar-refractivity contribution is -0.135. The molecular weight excluding hydrogens is 360 g/mol. The summed E-state index contributed by atoms with van der Waals surface area (Å²) < 4.78 is 0.593. The maximum Gasteiger partial charge on any atom is 0.323 e. The second kappa shape index (κ2) is 6.69. The number of aliphatic carboxylic acids is 1. The van der Waals surface area contributed by atoms with Crippen molar-refractivity contribution in [2.24, 2.45) is 0 Å². The van der Waals surface area contributed by atoms with Crippen LogP contribution in [-0.2, 0) is 4.79 Å². The molecule has 1 aromatic heterocycles. The molecule has 2 aromatic rings. The van der Waals surface area contributed by atoms with Crippen LogP contribution in [0, 0.1) is 0 Å². The molecule has 0 saturated carbocycles. The highest BCUT2D eigenvalue weighted by molar-refractivity contribution is 9.10. The molecule has 1 heterocycles. The van der Waals surface area contributed by atoms with E-state index in [1.807, 2.05) is 0 Å². The van der Waals surface area contributed by atoms with Gasteiger partial charge in [0.2, 0.25) is 0 Å². The summed E-state index contributed by atoms with van der Waals surface area (Å²) in [6, 6.07) is 9.57. The van der Waals surface area contributed by atoms with Gasteiger partial charge in [0.25, 0.3) is 5.91 Å². The Bertz CT molecular complexity index is 659. The third-order valence-corrected chi connectivity index (χ3v) is 3.37. The van der Waals surface area contributed by atoms with Crippen molar-refractivity contribution in [3.63, 3.8) is 0 Å². The smallest absolute Gasteiger partial charge is 0.323 e. The van der Waals surface area contributed by atoms with Gasteiger partial charge in [0.1, 0.15) is 11.1 Å². The molecule has 0 bridgehead atoms. The van der Waals surface area contributed by atoms with Gasteiger partial charge in [-0.2, -0.15) is 0 Å². The fraction of sp³-hybridized carbons (Fsp3) is 0.0714. The van der Waals surface area contributed by atoms with E-state index in [-0.39, 0.29) is 0 Å². The summed E-state index contributed by atoms with van der Waals surface area (Å²) in [5.74, 6) is -1.55. The van der Waals surface area contributed by atoms with Crippen LogP contribution in [0.4, 0.5) is 5.69 Å². The molecule has 7 heteroatoms. The number of rotatable bonds is 4. The van der Waals surface area contributed by atoms with Gasteiger partial charge in [-0.3, -0.25) is 14.5 Å². The summed E-state index contributed by atoms with van der Waals surface area (Å²) >= 11 is 8.98. The Balaban J connectivity index is 2.35. The molecule has 0 atom stereocenters. The molecular formula is C14H10BrClN2O3. The lowest BCUT2D eigenvalue weighted by atomic mass is 10.2. The van der Waals surface area contributed by atoms with E-state index < -0.39 is 18.4 Å². The molecule has 2 rings (SSSR count). The van der Waals surface area contributed by atoms with Gasteiger partial charge in [-0.25, -0.2) is 4.98 Å². The zero-order valence-corrected chi connectivity index (χ0v) is 13.0. The number of hydrogen-bond acceptors (Lipinski definition) is 3. The van der Waals surface area contributed by atoms with Crippen LogP contribution in [0.25, 0.3) is 0 Å². The van der Waals surface area contributed by atoms with Gasteiger partial charge in [0.15, 0.2) is 0 Å². The lowest BCUT2D eigenvalue weighted by Gasteiger charge is -2.20. The summed E-state index contributed by atoms with van der Waals surface area (Å²) in [4.78, 5) is 28.6. The van der Waals surface area contributed by atoms with Crippen molar-refractivity contribution in [3.05, 3.63) is 57.8 Å². The number of carboxylic acid groups (broad SMARTS) is 1. The van der Waals surface area contributed by atoms with Gasteiger partial charge in [0, 0.05) is 16.9 Å². The van der Waals surface area contributed by atoms with Crippen LogP contribution in [0.2, 0.25) is 5.02 Å². The second-order valence-electron chi connectivity index (χ2n) is 4.13. The highest BCUT2D eigenvalue weighted by Gasteiger charge is 2.20. The number of carbonyl (C=O) groups excluding carboxylic acids is 1. The fourth-order valence-corrected chi connectivity index (χ4v) is 2.06. The number of anilines is 1. The molecule has 108 valence electrons. The van der Waals surface area contributed by atoms with E-state index in [2.05, 4.69) is 20.9 Å². The summed E-state index contributed by atoms with van der Waals surface area (Å²) in [5, 5.41) is 9.50.